The molecule has 1 unspecified atom stereocenters. The molecule has 0 spiro atoms. The lowest BCUT2D eigenvalue weighted by atomic mass is 9.91. The Labute approximate surface area is 85.6 Å². The van der Waals surface area contributed by atoms with Gasteiger partial charge in [0.25, 0.3) is 0 Å². The predicted molar refractivity (Wildman–Crippen MR) is 55.9 cm³/mol. The third kappa shape index (κ3) is 4.39. The minimum Gasteiger partial charge on any atom is -0.393 e. The second-order valence-electron chi connectivity index (χ2n) is 4.07. The van der Waals surface area contributed by atoms with Crippen LogP contribution in [-0.2, 0) is 9.84 Å². The van der Waals surface area contributed by atoms with Gasteiger partial charge in [-0.2, -0.15) is 0 Å². The van der Waals surface area contributed by atoms with E-state index in [4.69, 9.17) is 0 Å². The molecule has 0 bridgehead atoms. The molecule has 5 heteroatoms. The normalized spacial score (nSPS) is 22.1. The van der Waals surface area contributed by atoms with E-state index < -0.39 is 15.9 Å². The number of nitrogens with one attached hydrogen (secondary N) is 1. The van der Waals surface area contributed by atoms with E-state index in [-0.39, 0.29) is 11.7 Å². The van der Waals surface area contributed by atoms with Crippen LogP contribution >= 0.6 is 0 Å². The zero-order valence-electron chi connectivity index (χ0n) is 8.57. The molecule has 1 fully saturated rings. The molecule has 1 atom stereocenters. The molecule has 14 heavy (non-hydrogen) atoms. The molecule has 0 aromatic carbocycles. The van der Waals surface area contributed by atoms with Crippen LogP contribution in [0.2, 0.25) is 0 Å². The van der Waals surface area contributed by atoms with Gasteiger partial charge in [-0.05, 0) is 38.3 Å². The standard InChI is InChI=1S/C9H19NO3S/c1-14(12,13)7-4-9(11)8-2-5-10-6-3-8/h8-11H,2-7H2,1H3. The molecule has 1 saturated heterocycles. The van der Waals surface area contributed by atoms with Crippen LogP contribution in [0.1, 0.15) is 19.3 Å². The Morgan fingerprint density at radius 1 is 1.43 bits per heavy atom. The Kier molecular flexibility index (Phi) is 4.34. The summed E-state index contributed by atoms with van der Waals surface area (Å²) in [7, 11) is -2.93. The molecule has 0 saturated carbocycles. The van der Waals surface area contributed by atoms with Crippen LogP contribution in [0.3, 0.4) is 0 Å². The number of sulfone groups is 1. The van der Waals surface area contributed by atoms with Gasteiger partial charge in [0.15, 0.2) is 0 Å². The summed E-state index contributed by atoms with van der Waals surface area (Å²) in [6.07, 6.45) is 3.04. The van der Waals surface area contributed by atoms with Gasteiger partial charge in [-0.25, -0.2) is 8.42 Å². The molecule has 0 aromatic rings. The summed E-state index contributed by atoms with van der Waals surface area (Å²) in [5, 5.41) is 13.0. The quantitative estimate of drug-likeness (QED) is 0.689. The molecule has 0 radical (unpaired) electrons. The third-order valence-corrected chi connectivity index (χ3v) is 3.69. The monoisotopic (exact) mass is 221 g/mol. The van der Waals surface area contributed by atoms with Crippen LogP contribution in [0.5, 0.6) is 0 Å². The van der Waals surface area contributed by atoms with Crippen molar-refractivity contribution in [3.8, 4) is 0 Å². The summed E-state index contributed by atoms with van der Waals surface area (Å²) < 4.78 is 21.8. The van der Waals surface area contributed by atoms with Gasteiger partial charge in [0.2, 0.25) is 0 Å². The molecular formula is C9H19NO3S. The van der Waals surface area contributed by atoms with E-state index in [1.165, 1.54) is 6.26 Å². The minimum atomic E-state index is -2.93. The van der Waals surface area contributed by atoms with Crippen molar-refractivity contribution >= 4 is 9.84 Å². The maximum atomic E-state index is 10.9. The molecule has 1 aliphatic heterocycles. The lowest BCUT2D eigenvalue weighted by molar-refractivity contribution is 0.0861. The first-order chi connectivity index (χ1) is 6.49. The lowest BCUT2D eigenvalue weighted by Crippen LogP contribution is -2.34. The van der Waals surface area contributed by atoms with Crippen molar-refractivity contribution in [3.63, 3.8) is 0 Å². The van der Waals surface area contributed by atoms with Crippen LogP contribution in [0.15, 0.2) is 0 Å². The van der Waals surface area contributed by atoms with Crippen molar-refractivity contribution < 1.29 is 13.5 Å². The number of aliphatic hydroxyl groups excluding tert-OH is 1. The first kappa shape index (κ1) is 11.9. The fraction of sp³-hybridized carbons (Fsp3) is 1.00. The molecule has 0 aliphatic carbocycles. The molecule has 1 heterocycles. The lowest BCUT2D eigenvalue weighted by Gasteiger charge is -2.26. The van der Waals surface area contributed by atoms with Crippen molar-refractivity contribution in [2.45, 2.75) is 25.4 Å². The van der Waals surface area contributed by atoms with Crippen LogP contribution in [0.4, 0.5) is 0 Å². The van der Waals surface area contributed by atoms with Crippen molar-refractivity contribution in [1.29, 1.82) is 0 Å². The number of hydrogen-bond donors (Lipinski definition) is 2. The zero-order chi connectivity index (χ0) is 10.6. The van der Waals surface area contributed by atoms with E-state index in [9.17, 15) is 13.5 Å². The average Bonchev–Trinajstić information content (AvgIpc) is 2.14. The SMILES string of the molecule is CS(=O)(=O)CCC(O)C1CCNCC1. The molecule has 0 aromatic heterocycles. The van der Waals surface area contributed by atoms with Crippen molar-refractivity contribution in [2.24, 2.45) is 5.92 Å². The van der Waals surface area contributed by atoms with Gasteiger partial charge < -0.3 is 10.4 Å². The third-order valence-electron chi connectivity index (χ3n) is 2.71. The van der Waals surface area contributed by atoms with Crippen molar-refractivity contribution in [2.75, 3.05) is 25.1 Å². The summed E-state index contributed by atoms with van der Waals surface area (Å²) in [6.45, 7) is 1.86. The minimum absolute atomic E-state index is 0.0953. The van der Waals surface area contributed by atoms with E-state index in [1.807, 2.05) is 0 Å². The van der Waals surface area contributed by atoms with Gasteiger partial charge >= 0.3 is 0 Å². The Morgan fingerprint density at radius 3 is 2.50 bits per heavy atom. The Morgan fingerprint density at radius 2 is 2.00 bits per heavy atom. The second kappa shape index (κ2) is 5.09. The molecule has 84 valence electrons. The fourth-order valence-corrected chi connectivity index (χ4v) is 2.47. The smallest absolute Gasteiger partial charge is 0.147 e. The number of piperidine rings is 1. The van der Waals surface area contributed by atoms with Gasteiger partial charge in [-0.15, -0.1) is 0 Å². The topological polar surface area (TPSA) is 66.4 Å². The largest absolute Gasteiger partial charge is 0.393 e. The van der Waals surface area contributed by atoms with E-state index in [1.54, 1.807) is 0 Å². The van der Waals surface area contributed by atoms with Gasteiger partial charge in [0.1, 0.15) is 9.84 Å². The molecule has 1 rings (SSSR count). The molecule has 4 nitrogen and oxygen atoms in total. The van der Waals surface area contributed by atoms with Gasteiger partial charge in [-0.1, -0.05) is 0 Å². The maximum absolute atomic E-state index is 10.9. The number of rotatable bonds is 4. The zero-order valence-corrected chi connectivity index (χ0v) is 9.39. The Hall–Kier alpha value is -0.130. The highest BCUT2D eigenvalue weighted by atomic mass is 32.2. The summed E-state index contributed by atoms with van der Waals surface area (Å²) in [6, 6.07) is 0. The Balaban J connectivity index is 2.30. The van der Waals surface area contributed by atoms with E-state index in [2.05, 4.69) is 5.32 Å². The van der Waals surface area contributed by atoms with Gasteiger partial charge in [0, 0.05) is 6.26 Å². The molecule has 0 amide bonds. The van der Waals surface area contributed by atoms with E-state index in [0.29, 0.717) is 6.42 Å². The van der Waals surface area contributed by atoms with Crippen LogP contribution in [-0.4, -0.2) is 44.7 Å². The van der Waals surface area contributed by atoms with Crippen LogP contribution in [0.25, 0.3) is 0 Å². The highest BCUT2D eigenvalue weighted by molar-refractivity contribution is 7.90. The highest BCUT2D eigenvalue weighted by Gasteiger charge is 2.22. The Bertz CT molecular complexity index is 257. The summed E-state index contributed by atoms with van der Waals surface area (Å²) >= 11 is 0. The van der Waals surface area contributed by atoms with E-state index >= 15 is 0 Å². The first-order valence-electron chi connectivity index (χ1n) is 5.05. The fourth-order valence-electron chi connectivity index (χ4n) is 1.80. The molecular weight excluding hydrogens is 202 g/mol. The predicted octanol–water partition coefficient (Wildman–Crippen LogP) is -0.218. The van der Waals surface area contributed by atoms with Gasteiger partial charge in [-0.3, -0.25) is 0 Å². The van der Waals surface area contributed by atoms with Crippen molar-refractivity contribution in [3.05, 3.63) is 0 Å². The highest BCUT2D eigenvalue weighted by Crippen LogP contribution is 2.18. The van der Waals surface area contributed by atoms with Crippen LogP contribution in [0, 0.1) is 5.92 Å². The molecule has 1 aliphatic rings. The number of aliphatic hydroxyl groups is 1. The van der Waals surface area contributed by atoms with Gasteiger partial charge in [0.05, 0.1) is 11.9 Å². The van der Waals surface area contributed by atoms with E-state index in [0.717, 1.165) is 25.9 Å². The maximum Gasteiger partial charge on any atom is 0.147 e. The summed E-state index contributed by atoms with van der Waals surface area (Å²) in [4.78, 5) is 0. The average molecular weight is 221 g/mol. The summed E-state index contributed by atoms with van der Waals surface area (Å²) in [5.74, 6) is 0.371. The van der Waals surface area contributed by atoms with Crippen molar-refractivity contribution in [1.82, 2.24) is 5.32 Å². The number of hydrogen-bond acceptors (Lipinski definition) is 4. The summed E-state index contributed by atoms with van der Waals surface area (Å²) in [5.41, 5.74) is 0. The second-order valence-corrected chi connectivity index (χ2v) is 6.33. The molecule has 2 N–H and O–H groups in total. The van der Waals surface area contributed by atoms with Crippen LogP contribution < -0.4 is 5.32 Å². The first-order valence-corrected chi connectivity index (χ1v) is 7.11.